The molecule has 1 aromatic heterocycles. The van der Waals surface area contributed by atoms with Gasteiger partial charge in [-0.25, -0.2) is 0 Å². The first kappa shape index (κ1) is 14.6. The molecule has 0 fully saturated rings. The SMILES string of the molecule is CCCn1ncc(Br)c1C(O)c1cc(Br)ccc1N. The standard InChI is InChI=1S/C13H15Br2N3O/c1-2-5-18-12(10(15)7-17-18)13(19)9-6-8(14)3-4-11(9)16/h3-4,6-7,13,19H,2,5,16H2,1H3. The van der Waals surface area contributed by atoms with E-state index >= 15 is 0 Å². The molecule has 1 aromatic carbocycles. The van der Waals surface area contributed by atoms with Crippen molar-refractivity contribution in [3.8, 4) is 0 Å². The third-order valence-electron chi connectivity index (χ3n) is 2.87. The first-order valence-corrected chi connectivity index (χ1v) is 7.57. The van der Waals surface area contributed by atoms with Gasteiger partial charge in [0.2, 0.25) is 0 Å². The predicted octanol–water partition coefficient (Wildman–Crippen LogP) is 3.48. The van der Waals surface area contributed by atoms with Gasteiger partial charge in [0.15, 0.2) is 0 Å². The zero-order valence-corrected chi connectivity index (χ0v) is 13.6. The van der Waals surface area contributed by atoms with Crippen LogP contribution < -0.4 is 5.73 Å². The highest BCUT2D eigenvalue weighted by atomic mass is 79.9. The van der Waals surface area contributed by atoms with Crippen LogP contribution in [-0.4, -0.2) is 14.9 Å². The van der Waals surface area contributed by atoms with Crippen LogP contribution in [0, 0.1) is 0 Å². The molecule has 0 saturated carbocycles. The molecule has 0 radical (unpaired) electrons. The molecule has 0 bridgehead atoms. The highest BCUT2D eigenvalue weighted by Gasteiger charge is 2.21. The maximum Gasteiger partial charge on any atom is 0.124 e. The van der Waals surface area contributed by atoms with Crippen LogP contribution in [0.5, 0.6) is 0 Å². The summed E-state index contributed by atoms with van der Waals surface area (Å²) in [6, 6.07) is 5.46. The monoisotopic (exact) mass is 387 g/mol. The molecule has 0 saturated heterocycles. The van der Waals surface area contributed by atoms with E-state index in [0.29, 0.717) is 11.3 Å². The number of aromatic nitrogens is 2. The third-order valence-corrected chi connectivity index (χ3v) is 3.98. The maximum atomic E-state index is 10.6. The summed E-state index contributed by atoms with van der Waals surface area (Å²) in [5.41, 5.74) is 7.91. The molecular formula is C13H15Br2N3O. The van der Waals surface area contributed by atoms with E-state index in [1.165, 1.54) is 0 Å². The molecule has 0 aliphatic rings. The quantitative estimate of drug-likeness (QED) is 0.788. The van der Waals surface area contributed by atoms with Gasteiger partial charge in [0.05, 0.1) is 16.4 Å². The van der Waals surface area contributed by atoms with Crippen LogP contribution in [0.4, 0.5) is 5.69 Å². The molecule has 6 heteroatoms. The molecule has 0 aliphatic heterocycles. The zero-order valence-electron chi connectivity index (χ0n) is 10.5. The molecule has 0 amide bonds. The fraction of sp³-hybridized carbons (Fsp3) is 0.308. The number of benzene rings is 1. The smallest absolute Gasteiger partial charge is 0.124 e. The number of halogens is 2. The number of hydrogen-bond acceptors (Lipinski definition) is 3. The molecule has 1 unspecified atom stereocenters. The second kappa shape index (κ2) is 6.07. The van der Waals surface area contributed by atoms with Gasteiger partial charge in [-0.15, -0.1) is 0 Å². The molecule has 1 heterocycles. The van der Waals surface area contributed by atoms with Crippen molar-refractivity contribution in [3.05, 3.63) is 44.6 Å². The summed E-state index contributed by atoms with van der Waals surface area (Å²) in [5.74, 6) is 0. The van der Waals surface area contributed by atoms with Gasteiger partial charge in [-0.1, -0.05) is 22.9 Å². The summed E-state index contributed by atoms with van der Waals surface area (Å²) in [6.07, 6.45) is 1.84. The van der Waals surface area contributed by atoms with Gasteiger partial charge in [-0.2, -0.15) is 5.10 Å². The topological polar surface area (TPSA) is 64.1 Å². The summed E-state index contributed by atoms with van der Waals surface area (Å²) < 4.78 is 3.47. The average Bonchev–Trinajstić information content (AvgIpc) is 2.73. The Labute approximate surface area is 128 Å². The van der Waals surface area contributed by atoms with Crippen LogP contribution in [0.15, 0.2) is 33.3 Å². The van der Waals surface area contributed by atoms with E-state index in [-0.39, 0.29) is 0 Å². The predicted molar refractivity (Wildman–Crippen MR) is 82.8 cm³/mol. The number of aliphatic hydroxyl groups excluding tert-OH is 1. The van der Waals surface area contributed by atoms with Gasteiger partial charge in [0, 0.05) is 22.3 Å². The van der Waals surface area contributed by atoms with Crippen molar-refractivity contribution < 1.29 is 5.11 Å². The second-order valence-electron chi connectivity index (χ2n) is 4.28. The minimum atomic E-state index is -0.805. The molecule has 3 N–H and O–H groups in total. The van der Waals surface area contributed by atoms with Crippen LogP contribution in [0.25, 0.3) is 0 Å². The Morgan fingerprint density at radius 3 is 2.84 bits per heavy atom. The van der Waals surface area contributed by atoms with Crippen molar-refractivity contribution in [1.82, 2.24) is 9.78 Å². The van der Waals surface area contributed by atoms with Crippen LogP contribution >= 0.6 is 31.9 Å². The molecule has 4 nitrogen and oxygen atoms in total. The molecule has 2 rings (SSSR count). The minimum absolute atomic E-state index is 0.562. The molecule has 0 aliphatic carbocycles. The summed E-state index contributed by atoms with van der Waals surface area (Å²) >= 11 is 6.83. The van der Waals surface area contributed by atoms with Gasteiger partial charge in [0.1, 0.15) is 6.10 Å². The van der Waals surface area contributed by atoms with Crippen molar-refractivity contribution in [3.63, 3.8) is 0 Å². The lowest BCUT2D eigenvalue weighted by Gasteiger charge is -2.16. The Morgan fingerprint density at radius 1 is 1.42 bits per heavy atom. The van der Waals surface area contributed by atoms with Crippen molar-refractivity contribution in [2.75, 3.05) is 5.73 Å². The lowest BCUT2D eigenvalue weighted by Crippen LogP contribution is -2.12. The maximum absolute atomic E-state index is 10.6. The van der Waals surface area contributed by atoms with Crippen molar-refractivity contribution in [2.45, 2.75) is 26.0 Å². The van der Waals surface area contributed by atoms with Crippen molar-refractivity contribution in [2.24, 2.45) is 0 Å². The molecular weight excluding hydrogens is 374 g/mol. The molecule has 102 valence electrons. The molecule has 1 atom stereocenters. The summed E-state index contributed by atoms with van der Waals surface area (Å²) in [5, 5.41) is 14.8. The highest BCUT2D eigenvalue weighted by Crippen LogP contribution is 2.33. The lowest BCUT2D eigenvalue weighted by molar-refractivity contribution is 0.207. The first-order valence-electron chi connectivity index (χ1n) is 5.98. The first-order chi connectivity index (χ1) is 9.04. The Morgan fingerprint density at radius 2 is 2.16 bits per heavy atom. The van der Waals surface area contributed by atoms with Crippen LogP contribution in [-0.2, 0) is 6.54 Å². The van der Waals surface area contributed by atoms with Gasteiger partial charge >= 0.3 is 0 Å². The number of rotatable bonds is 4. The Hall–Kier alpha value is -0.850. The van der Waals surface area contributed by atoms with E-state index in [4.69, 9.17) is 5.73 Å². The molecule has 19 heavy (non-hydrogen) atoms. The van der Waals surface area contributed by atoms with Crippen LogP contribution in [0.3, 0.4) is 0 Å². The van der Waals surface area contributed by atoms with E-state index in [1.54, 1.807) is 16.9 Å². The summed E-state index contributed by atoms with van der Waals surface area (Å²) in [6.45, 7) is 2.82. The Bertz CT molecular complexity index is 583. The van der Waals surface area contributed by atoms with E-state index in [0.717, 1.165) is 27.6 Å². The fourth-order valence-electron chi connectivity index (χ4n) is 1.96. The summed E-state index contributed by atoms with van der Waals surface area (Å²) in [4.78, 5) is 0. The number of anilines is 1. The average molecular weight is 389 g/mol. The number of nitrogens with zero attached hydrogens (tertiary/aromatic N) is 2. The van der Waals surface area contributed by atoms with Gasteiger partial charge in [-0.3, -0.25) is 4.68 Å². The van der Waals surface area contributed by atoms with E-state index < -0.39 is 6.10 Å². The number of nitrogens with two attached hydrogens (primary N) is 1. The zero-order chi connectivity index (χ0) is 14.0. The fourth-order valence-corrected chi connectivity index (χ4v) is 2.86. The number of aryl methyl sites for hydroxylation is 1. The second-order valence-corrected chi connectivity index (χ2v) is 6.05. The lowest BCUT2D eigenvalue weighted by atomic mass is 10.0. The van der Waals surface area contributed by atoms with Crippen molar-refractivity contribution >= 4 is 37.5 Å². The number of hydrogen-bond donors (Lipinski definition) is 2. The van der Waals surface area contributed by atoms with Crippen LogP contribution in [0.1, 0.15) is 30.7 Å². The third kappa shape index (κ3) is 3.01. The Balaban J connectivity index is 2.46. The number of nitrogen functional groups attached to an aromatic ring is 1. The van der Waals surface area contributed by atoms with Gasteiger partial charge in [-0.05, 0) is 40.5 Å². The van der Waals surface area contributed by atoms with E-state index in [9.17, 15) is 5.11 Å². The van der Waals surface area contributed by atoms with E-state index in [1.807, 2.05) is 12.1 Å². The van der Waals surface area contributed by atoms with Gasteiger partial charge in [0.25, 0.3) is 0 Å². The molecule has 0 spiro atoms. The van der Waals surface area contributed by atoms with Crippen molar-refractivity contribution in [1.29, 1.82) is 0 Å². The largest absolute Gasteiger partial charge is 0.398 e. The minimum Gasteiger partial charge on any atom is -0.398 e. The normalized spacial score (nSPS) is 12.6. The highest BCUT2D eigenvalue weighted by molar-refractivity contribution is 9.10. The number of aliphatic hydroxyl groups is 1. The Kier molecular flexibility index (Phi) is 4.65. The molecule has 2 aromatic rings. The van der Waals surface area contributed by atoms with E-state index in [2.05, 4.69) is 43.9 Å². The summed E-state index contributed by atoms with van der Waals surface area (Å²) in [7, 11) is 0. The van der Waals surface area contributed by atoms with Crippen LogP contribution in [0.2, 0.25) is 0 Å². The van der Waals surface area contributed by atoms with Gasteiger partial charge < -0.3 is 10.8 Å².